The first-order valence-electron chi connectivity index (χ1n) is 9.40. The molecule has 4 aromatic rings. The molecule has 0 heterocycles. The van der Waals surface area contributed by atoms with Crippen LogP contribution in [0.2, 0.25) is 0 Å². The third kappa shape index (κ3) is 3.80. The predicted molar refractivity (Wildman–Crippen MR) is 116 cm³/mol. The number of hydrogen-bond donors (Lipinski definition) is 0. The number of nitriles is 1. The molecule has 0 spiro atoms. The average molecular weight is 357 g/mol. The molecule has 1 heteroatoms. The van der Waals surface area contributed by atoms with Crippen molar-refractivity contribution >= 4 is 10.8 Å². The standard InChI is InChI=1S/C27H19N/c1-2-20-5-15-27-18-22(8-16-26(27)17-20)4-3-21-6-11-24(12-7-21)25-13-9-23(19-28)10-14-25/h5-18H,2H2,1H3. The van der Waals surface area contributed by atoms with E-state index in [1.54, 1.807) is 0 Å². The quantitative estimate of drug-likeness (QED) is 0.384. The molecule has 132 valence electrons. The fourth-order valence-corrected chi connectivity index (χ4v) is 3.22. The first-order chi connectivity index (χ1) is 13.7. The molecule has 0 aliphatic heterocycles. The molecule has 0 saturated heterocycles. The molecule has 0 bridgehead atoms. The van der Waals surface area contributed by atoms with E-state index in [4.69, 9.17) is 5.26 Å². The van der Waals surface area contributed by atoms with Gasteiger partial charge in [0.15, 0.2) is 0 Å². The molecule has 0 fully saturated rings. The Morgan fingerprint density at radius 1 is 0.607 bits per heavy atom. The molecule has 0 aromatic heterocycles. The van der Waals surface area contributed by atoms with Gasteiger partial charge in [0.1, 0.15) is 0 Å². The van der Waals surface area contributed by atoms with Gasteiger partial charge in [0.2, 0.25) is 0 Å². The SMILES string of the molecule is CCc1ccc2cc(C#Cc3ccc(-c4ccc(C#N)cc4)cc3)ccc2c1. The van der Waals surface area contributed by atoms with Crippen LogP contribution >= 0.6 is 0 Å². The molecule has 0 aliphatic rings. The second-order valence-corrected chi connectivity index (χ2v) is 6.77. The highest BCUT2D eigenvalue weighted by molar-refractivity contribution is 5.84. The van der Waals surface area contributed by atoms with E-state index >= 15 is 0 Å². The van der Waals surface area contributed by atoms with Crippen molar-refractivity contribution in [2.45, 2.75) is 13.3 Å². The van der Waals surface area contributed by atoms with Gasteiger partial charge in [-0.15, -0.1) is 0 Å². The Morgan fingerprint density at radius 2 is 1.14 bits per heavy atom. The third-order valence-electron chi connectivity index (χ3n) is 4.90. The van der Waals surface area contributed by atoms with Gasteiger partial charge in [-0.3, -0.25) is 0 Å². The van der Waals surface area contributed by atoms with Crippen molar-refractivity contribution in [1.82, 2.24) is 0 Å². The average Bonchev–Trinajstić information content (AvgIpc) is 2.77. The van der Waals surface area contributed by atoms with Crippen molar-refractivity contribution in [3.05, 3.63) is 107 Å². The summed E-state index contributed by atoms with van der Waals surface area (Å²) in [7, 11) is 0. The smallest absolute Gasteiger partial charge is 0.0991 e. The van der Waals surface area contributed by atoms with Gasteiger partial charge < -0.3 is 0 Å². The number of rotatable bonds is 2. The molecular formula is C27H19N. The molecule has 0 amide bonds. The Hall–Kier alpha value is -3.81. The molecule has 0 unspecified atom stereocenters. The van der Waals surface area contributed by atoms with E-state index in [-0.39, 0.29) is 0 Å². The Kier molecular flexibility index (Phi) is 4.92. The minimum Gasteiger partial charge on any atom is -0.192 e. The van der Waals surface area contributed by atoms with E-state index in [0.717, 1.165) is 28.7 Å². The van der Waals surface area contributed by atoms with Crippen LogP contribution in [0, 0.1) is 23.2 Å². The Labute approximate surface area is 165 Å². The van der Waals surface area contributed by atoms with Crippen LogP contribution in [0.4, 0.5) is 0 Å². The topological polar surface area (TPSA) is 23.8 Å². The number of fused-ring (bicyclic) bond motifs is 1. The summed E-state index contributed by atoms with van der Waals surface area (Å²) in [4.78, 5) is 0. The zero-order valence-corrected chi connectivity index (χ0v) is 15.7. The van der Waals surface area contributed by atoms with E-state index in [9.17, 15) is 0 Å². The summed E-state index contributed by atoms with van der Waals surface area (Å²) in [5, 5.41) is 11.4. The lowest BCUT2D eigenvalue weighted by Gasteiger charge is -2.02. The van der Waals surface area contributed by atoms with Gasteiger partial charge in [-0.25, -0.2) is 0 Å². The van der Waals surface area contributed by atoms with Gasteiger partial charge in [-0.1, -0.05) is 67.3 Å². The zero-order chi connectivity index (χ0) is 19.3. The third-order valence-corrected chi connectivity index (χ3v) is 4.90. The van der Waals surface area contributed by atoms with Crippen LogP contribution in [-0.4, -0.2) is 0 Å². The van der Waals surface area contributed by atoms with Gasteiger partial charge in [0, 0.05) is 11.1 Å². The van der Waals surface area contributed by atoms with Gasteiger partial charge in [-0.2, -0.15) is 5.26 Å². The molecule has 0 aliphatic carbocycles. The van der Waals surface area contributed by atoms with Crippen LogP contribution in [0.25, 0.3) is 21.9 Å². The first kappa shape index (κ1) is 17.6. The van der Waals surface area contributed by atoms with Gasteiger partial charge in [0.25, 0.3) is 0 Å². The highest BCUT2D eigenvalue weighted by Gasteiger charge is 1.99. The molecule has 0 radical (unpaired) electrons. The fraction of sp³-hybridized carbons (Fsp3) is 0.0741. The summed E-state index contributed by atoms with van der Waals surface area (Å²) in [6.45, 7) is 2.17. The summed E-state index contributed by atoms with van der Waals surface area (Å²) >= 11 is 0. The second-order valence-electron chi connectivity index (χ2n) is 6.77. The molecule has 0 N–H and O–H groups in total. The predicted octanol–water partition coefficient (Wildman–Crippen LogP) is 6.34. The molecule has 28 heavy (non-hydrogen) atoms. The number of nitrogens with zero attached hydrogens (tertiary/aromatic N) is 1. The Morgan fingerprint density at radius 3 is 1.79 bits per heavy atom. The summed E-state index contributed by atoms with van der Waals surface area (Å²) < 4.78 is 0. The maximum Gasteiger partial charge on any atom is 0.0991 e. The van der Waals surface area contributed by atoms with Crippen molar-refractivity contribution in [3.63, 3.8) is 0 Å². The van der Waals surface area contributed by atoms with Crippen molar-refractivity contribution in [3.8, 4) is 29.0 Å². The number of hydrogen-bond acceptors (Lipinski definition) is 1. The van der Waals surface area contributed by atoms with Crippen LogP contribution in [0.5, 0.6) is 0 Å². The van der Waals surface area contributed by atoms with Gasteiger partial charge in [-0.05, 0) is 70.3 Å². The van der Waals surface area contributed by atoms with E-state index in [2.05, 4.69) is 73.4 Å². The van der Waals surface area contributed by atoms with Crippen molar-refractivity contribution in [2.24, 2.45) is 0 Å². The van der Waals surface area contributed by atoms with Gasteiger partial charge in [0.05, 0.1) is 11.6 Å². The Bertz CT molecular complexity index is 1230. The second kappa shape index (κ2) is 7.83. The molecule has 1 nitrogen and oxygen atoms in total. The zero-order valence-electron chi connectivity index (χ0n) is 15.7. The van der Waals surface area contributed by atoms with E-state index in [1.165, 1.54) is 16.3 Å². The molecular weight excluding hydrogens is 338 g/mol. The minimum absolute atomic E-state index is 0.674. The van der Waals surface area contributed by atoms with Crippen molar-refractivity contribution in [2.75, 3.05) is 0 Å². The lowest BCUT2D eigenvalue weighted by Crippen LogP contribution is -1.82. The Balaban J connectivity index is 1.55. The van der Waals surface area contributed by atoms with Crippen LogP contribution in [0.1, 0.15) is 29.2 Å². The van der Waals surface area contributed by atoms with E-state index in [0.29, 0.717) is 5.56 Å². The fourth-order valence-electron chi connectivity index (χ4n) is 3.22. The minimum atomic E-state index is 0.674. The van der Waals surface area contributed by atoms with E-state index < -0.39 is 0 Å². The summed E-state index contributed by atoms with van der Waals surface area (Å²) in [6, 6.07) is 30.9. The van der Waals surface area contributed by atoms with Crippen LogP contribution < -0.4 is 0 Å². The molecule has 0 saturated carbocycles. The molecule has 0 atom stereocenters. The maximum absolute atomic E-state index is 8.91. The van der Waals surface area contributed by atoms with Crippen molar-refractivity contribution in [1.29, 1.82) is 5.26 Å². The first-order valence-corrected chi connectivity index (χ1v) is 9.40. The summed E-state index contributed by atoms with van der Waals surface area (Å²) in [5.74, 6) is 6.52. The summed E-state index contributed by atoms with van der Waals surface area (Å²) in [5.41, 5.74) is 6.25. The lowest BCUT2D eigenvalue weighted by molar-refractivity contribution is 1.15. The van der Waals surface area contributed by atoms with Crippen LogP contribution in [0.3, 0.4) is 0 Å². The number of benzene rings is 4. The van der Waals surface area contributed by atoms with Crippen LogP contribution in [-0.2, 0) is 6.42 Å². The molecule has 4 aromatic carbocycles. The lowest BCUT2D eigenvalue weighted by atomic mass is 10.0. The highest BCUT2D eigenvalue weighted by atomic mass is 14.2. The molecule has 4 rings (SSSR count). The maximum atomic E-state index is 8.91. The van der Waals surface area contributed by atoms with Crippen LogP contribution in [0.15, 0.2) is 84.9 Å². The highest BCUT2D eigenvalue weighted by Crippen LogP contribution is 2.21. The van der Waals surface area contributed by atoms with Gasteiger partial charge >= 0.3 is 0 Å². The monoisotopic (exact) mass is 357 g/mol. The number of aryl methyl sites for hydroxylation is 1. The van der Waals surface area contributed by atoms with E-state index in [1.807, 2.05) is 36.4 Å². The normalized spacial score (nSPS) is 10.1. The largest absolute Gasteiger partial charge is 0.192 e. The van der Waals surface area contributed by atoms with Crippen molar-refractivity contribution < 1.29 is 0 Å². The summed E-state index contributed by atoms with van der Waals surface area (Å²) in [6.07, 6.45) is 1.05.